The van der Waals surface area contributed by atoms with Gasteiger partial charge < -0.3 is 4.74 Å². The average molecular weight is 181 g/mol. The summed E-state index contributed by atoms with van der Waals surface area (Å²) in [7, 11) is 1.49. The number of thiazole rings is 1. The predicted molar refractivity (Wildman–Crippen MR) is 46.9 cm³/mol. The van der Waals surface area contributed by atoms with E-state index in [1.54, 1.807) is 22.0 Å². The molecule has 4 nitrogen and oxygen atoms in total. The summed E-state index contributed by atoms with van der Waals surface area (Å²) in [5.41, 5.74) is 0.743. The number of nitrogens with zero attached hydrogens (tertiary/aromatic N) is 2. The summed E-state index contributed by atoms with van der Waals surface area (Å²) in [5, 5.41) is 13.4. The molecule has 0 amide bonds. The van der Waals surface area contributed by atoms with Crippen molar-refractivity contribution in [1.82, 2.24) is 9.61 Å². The van der Waals surface area contributed by atoms with Crippen molar-refractivity contribution in [3.8, 4) is 0 Å². The Morgan fingerprint density at radius 3 is 3.33 bits per heavy atom. The minimum atomic E-state index is 0.160. The maximum absolute atomic E-state index is 7.45. The van der Waals surface area contributed by atoms with Gasteiger partial charge in [0.25, 0.3) is 0 Å². The molecule has 62 valence electrons. The van der Waals surface area contributed by atoms with E-state index < -0.39 is 0 Å². The van der Waals surface area contributed by atoms with E-state index in [4.69, 9.17) is 10.1 Å². The lowest BCUT2D eigenvalue weighted by Crippen LogP contribution is -1.99. The maximum Gasteiger partial charge on any atom is 0.217 e. The molecule has 0 saturated heterocycles. The van der Waals surface area contributed by atoms with Crippen molar-refractivity contribution in [2.45, 2.75) is 0 Å². The highest BCUT2D eigenvalue weighted by Gasteiger charge is 2.09. The fraction of sp³-hybridized carbons (Fsp3) is 0.143. The smallest absolute Gasteiger partial charge is 0.217 e. The summed E-state index contributed by atoms with van der Waals surface area (Å²) in [6.45, 7) is 0. The van der Waals surface area contributed by atoms with Crippen LogP contribution in [0.3, 0.4) is 0 Å². The Morgan fingerprint density at radius 1 is 1.75 bits per heavy atom. The zero-order valence-corrected chi connectivity index (χ0v) is 7.26. The minimum Gasteiger partial charge on any atom is -0.481 e. The van der Waals surface area contributed by atoms with E-state index in [1.165, 1.54) is 7.11 Å². The summed E-state index contributed by atoms with van der Waals surface area (Å²) >= 11 is 1.54. The SMILES string of the molecule is COC(=N)c1cnn2ccsc12. The van der Waals surface area contributed by atoms with Gasteiger partial charge in [-0.2, -0.15) is 5.10 Å². The van der Waals surface area contributed by atoms with Crippen LogP contribution in [0, 0.1) is 5.41 Å². The van der Waals surface area contributed by atoms with Crippen molar-refractivity contribution in [3.05, 3.63) is 23.3 Å². The van der Waals surface area contributed by atoms with Crippen LogP contribution in [-0.4, -0.2) is 22.6 Å². The summed E-state index contributed by atoms with van der Waals surface area (Å²) < 4.78 is 6.54. The molecule has 12 heavy (non-hydrogen) atoms. The molecule has 0 radical (unpaired) electrons. The standard InChI is InChI=1S/C7H7N3OS/c1-11-6(8)5-4-9-10-2-3-12-7(5)10/h2-4,8H,1H3. The van der Waals surface area contributed by atoms with Crippen molar-refractivity contribution in [3.63, 3.8) is 0 Å². The van der Waals surface area contributed by atoms with Crippen LogP contribution in [0.15, 0.2) is 17.8 Å². The van der Waals surface area contributed by atoms with E-state index in [-0.39, 0.29) is 5.90 Å². The molecule has 0 unspecified atom stereocenters. The molecule has 1 N–H and O–H groups in total. The van der Waals surface area contributed by atoms with Crippen molar-refractivity contribution in [2.24, 2.45) is 0 Å². The minimum absolute atomic E-state index is 0.160. The highest BCUT2D eigenvalue weighted by molar-refractivity contribution is 7.15. The molecular formula is C7H7N3OS. The quantitative estimate of drug-likeness (QED) is 0.533. The number of hydrogen-bond acceptors (Lipinski definition) is 4. The van der Waals surface area contributed by atoms with Gasteiger partial charge in [-0.3, -0.25) is 5.41 Å². The molecular weight excluding hydrogens is 174 g/mol. The van der Waals surface area contributed by atoms with Crippen molar-refractivity contribution in [1.29, 1.82) is 5.41 Å². The molecule has 0 aliphatic heterocycles. The summed E-state index contributed by atoms with van der Waals surface area (Å²) in [4.78, 5) is 0.946. The second kappa shape index (κ2) is 2.60. The molecule has 0 fully saturated rings. The van der Waals surface area contributed by atoms with Crippen molar-refractivity contribution >= 4 is 22.1 Å². The largest absolute Gasteiger partial charge is 0.481 e. The molecule has 5 heteroatoms. The Kier molecular flexibility index (Phi) is 1.58. The summed E-state index contributed by atoms with van der Waals surface area (Å²) in [5.74, 6) is 0.160. The van der Waals surface area contributed by atoms with Crippen molar-refractivity contribution in [2.75, 3.05) is 7.11 Å². The maximum atomic E-state index is 7.45. The van der Waals surface area contributed by atoms with E-state index in [0.717, 1.165) is 10.4 Å². The van der Waals surface area contributed by atoms with Crippen LogP contribution >= 0.6 is 11.3 Å². The van der Waals surface area contributed by atoms with Crippen LogP contribution in [0.25, 0.3) is 4.83 Å². The zero-order chi connectivity index (χ0) is 8.55. The van der Waals surface area contributed by atoms with Gasteiger partial charge >= 0.3 is 0 Å². The predicted octanol–water partition coefficient (Wildman–Crippen LogP) is 1.37. The number of nitrogens with one attached hydrogen (secondary N) is 1. The van der Waals surface area contributed by atoms with E-state index in [1.807, 2.05) is 11.6 Å². The van der Waals surface area contributed by atoms with Crippen molar-refractivity contribution < 1.29 is 4.74 Å². The first-order valence-corrected chi connectivity index (χ1v) is 4.24. The lowest BCUT2D eigenvalue weighted by molar-refractivity contribution is 0.401. The molecule has 0 aliphatic rings. The molecule has 0 aliphatic carbocycles. The molecule has 0 bridgehead atoms. The summed E-state index contributed by atoms with van der Waals surface area (Å²) in [6, 6.07) is 0. The highest BCUT2D eigenvalue weighted by Crippen LogP contribution is 2.16. The number of hydrogen-bond donors (Lipinski definition) is 1. The molecule has 0 atom stereocenters. The fourth-order valence-corrected chi connectivity index (χ4v) is 1.79. The van der Waals surface area contributed by atoms with Crippen LogP contribution in [0.5, 0.6) is 0 Å². The highest BCUT2D eigenvalue weighted by atomic mass is 32.1. The third kappa shape index (κ3) is 0.902. The lowest BCUT2D eigenvalue weighted by Gasteiger charge is -1.95. The Morgan fingerprint density at radius 2 is 2.58 bits per heavy atom. The van der Waals surface area contributed by atoms with E-state index in [9.17, 15) is 0 Å². The fourth-order valence-electron chi connectivity index (χ4n) is 0.993. The molecule has 0 saturated carbocycles. The molecule has 2 heterocycles. The third-order valence-electron chi connectivity index (χ3n) is 1.58. The third-order valence-corrected chi connectivity index (χ3v) is 2.47. The topological polar surface area (TPSA) is 50.4 Å². The average Bonchev–Trinajstić information content (AvgIpc) is 2.62. The van der Waals surface area contributed by atoms with E-state index in [2.05, 4.69) is 5.10 Å². The summed E-state index contributed by atoms with van der Waals surface area (Å²) in [6.07, 6.45) is 3.49. The molecule has 2 rings (SSSR count). The number of methoxy groups -OCH3 is 1. The Hall–Kier alpha value is -1.36. The van der Waals surface area contributed by atoms with E-state index >= 15 is 0 Å². The van der Waals surface area contributed by atoms with Gasteiger partial charge in [0.05, 0.1) is 18.9 Å². The first-order valence-electron chi connectivity index (χ1n) is 3.36. The van der Waals surface area contributed by atoms with Gasteiger partial charge in [-0.15, -0.1) is 11.3 Å². The first-order chi connectivity index (χ1) is 5.83. The molecule has 2 aromatic rings. The normalized spacial score (nSPS) is 10.4. The van der Waals surface area contributed by atoms with Crippen LogP contribution in [0.2, 0.25) is 0 Å². The van der Waals surface area contributed by atoms with Gasteiger partial charge in [-0.1, -0.05) is 0 Å². The second-order valence-corrected chi connectivity index (χ2v) is 3.14. The Bertz CT molecular complexity index is 417. The Balaban J connectivity index is 2.61. The molecule has 0 aromatic carbocycles. The number of aromatic nitrogens is 2. The number of fused-ring (bicyclic) bond motifs is 1. The van der Waals surface area contributed by atoms with Gasteiger partial charge in [0.15, 0.2) is 0 Å². The van der Waals surface area contributed by atoms with Gasteiger partial charge in [-0.25, -0.2) is 4.52 Å². The van der Waals surface area contributed by atoms with E-state index in [0.29, 0.717) is 0 Å². The van der Waals surface area contributed by atoms with Gasteiger partial charge in [0, 0.05) is 11.6 Å². The first kappa shape index (κ1) is 7.30. The monoisotopic (exact) mass is 181 g/mol. The zero-order valence-electron chi connectivity index (χ0n) is 6.44. The number of rotatable bonds is 1. The van der Waals surface area contributed by atoms with Crippen LogP contribution < -0.4 is 0 Å². The van der Waals surface area contributed by atoms with Crippen LogP contribution in [0.4, 0.5) is 0 Å². The van der Waals surface area contributed by atoms with Gasteiger partial charge in [0.1, 0.15) is 4.83 Å². The molecule has 2 aromatic heterocycles. The van der Waals surface area contributed by atoms with Crippen LogP contribution in [0.1, 0.15) is 5.56 Å². The molecule has 0 spiro atoms. The second-order valence-electron chi connectivity index (χ2n) is 2.24. The van der Waals surface area contributed by atoms with Gasteiger partial charge in [0.2, 0.25) is 5.90 Å². The number of ether oxygens (including phenoxy) is 1. The van der Waals surface area contributed by atoms with Gasteiger partial charge in [-0.05, 0) is 0 Å². The lowest BCUT2D eigenvalue weighted by atomic mass is 10.4. The Labute approximate surface area is 72.9 Å². The van der Waals surface area contributed by atoms with Crippen LogP contribution in [-0.2, 0) is 4.74 Å².